The van der Waals surface area contributed by atoms with Crippen LogP contribution in [0.5, 0.6) is 0 Å². The molecule has 2 heterocycles. The predicted octanol–water partition coefficient (Wildman–Crippen LogP) is 5.10. The summed E-state index contributed by atoms with van der Waals surface area (Å²) < 4.78 is 1.60. The molecule has 152 valence electrons. The maximum atomic E-state index is 13.4. The smallest absolute Gasteiger partial charge is 0.267 e. The van der Waals surface area contributed by atoms with Gasteiger partial charge in [0.1, 0.15) is 4.83 Å². The molecule has 0 fully saturated rings. The number of para-hydroxylation sites is 1. The maximum absolute atomic E-state index is 13.4. The summed E-state index contributed by atoms with van der Waals surface area (Å²) in [6, 6.07) is 17.1. The van der Waals surface area contributed by atoms with Crippen LogP contribution in [0.25, 0.3) is 15.9 Å². The summed E-state index contributed by atoms with van der Waals surface area (Å²) in [6.45, 7) is 5.93. The van der Waals surface area contributed by atoms with Crippen molar-refractivity contribution in [1.29, 1.82) is 0 Å². The lowest BCUT2D eigenvalue weighted by Gasteiger charge is -2.12. The van der Waals surface area contributed by atoms with Crippen LogP contribution in [0.4, 0.5) is 5.69 Å². The number of nitrogens with zero attached hydrogens (tertiary/aromatic N) is 2. The first-order valence-electron chi connectivity index (χ1n) is 9.51. The topological polar surface area (TPSA) is 64.0 Å². The Hall–Kier alpha value is -2.90. The fraction of sp³-hybridized carbons (Fsp3) is 0.174. The number of anilines is 1. The van der Waals surface area contributed by atoms with E-state index in [1.54, 1.807) is 4.57 Å². The van der Waals surface area contributed by atoms with Crippen LogP contribution in [0, 0.1) is 20.8 Å². The molecule has 0 aliphatic carbocycles. The van der Waals surface area contributed by atoms with E-state index in [-0.39, 0.29) is 17.2 Å². The number of nitrogens with one attached hydrogen (secondary N) is 1. The Morgan fingerprint density at radius 1 is 1.10 bits per heavy atom. The Balaban J connectivity index is 1.69. The van der Waals surface area contributed by atoms with Gasteiger partial charge in [0.2, 0.25) is 5.91 Å². The highest BCUT2D eigenvalue weighted by Crippen LogP contribution is 2.29. The molecule has 1 N–H and O–H groups in total. The van der Waals surface area contributed by atoms with E-state index in [0.717, 1.165) is 27.4 Å². The molecular formula is C23H21N3O2S2. The number of aryl methyl sites for hydroxylation is 3. The van der Waals surface area contributed by atoms with Gasteiger partial charge in [-0.2, -0.15) is 0 Å². The number of aromatic nitrogens is 2. The zero-order chi connectivity index (χ0) is 21.3. The quantitative estimate of drug-likeness (QED) is 0.350. The van der Waals surface area contributed by atoms with E-state index in [1.807, 2.05) is 75.4 Å². The summed E-state index contributed by atoms with van der Waals surface area (Å²) in [5.74, 6) is 0.0142. The number of carbonyl (C=O) groups is 1. The van der Waals surface area contributed by atoms with Crippen LogP contribution < -0.4 is 10.9 Å². The average molecular weight is 436 g/mol. The van der Waals surface area contributed by atoms with Crippen molar-refractivity contribution in [3.8, 4) is 5.69 Å². The third-order valence-electron chi connectivity index (χ3n) is 4.82. The van der Waals surface area contributed by atoms with E-state index < -0.39 is 0 Å². The monoisotopic (exact) mass is 435 g/mol. The first kappa shape index (κ1) is 20.4. The second-order valence-electron chi connectivity index (χ2n) is 7.04. The number of carbonyl (C=O) groups excluding carboxylic acids is 1. The molecule has 2 aromatic carbocycles. The summed E-state index contributed by atoms with van der Waals surface area (Å²) in [5.41, 5.74) is 3.44. The van der Waals surface area contributed by atoms with E-state index in [2.05, 4.69) is 5.32 Å². The summed E-state index contributed by atoms with van der Waals surface area (Å²) in [5, 5.41) is 4.07. The van der Waals surface area contributed by atoms with Gasteiger partial charge < -0.3 is 5.32 Å². The van der Waals surface area contributed by atoms with Crippen LogP contribution in [-0.2, 0) is 4.79 Å². The number of benzene rings is 2. The predicted molar refractivity (Wildman–Crippen MR) is 125 cm³/mol. The van der Waals surface area contributed by atoms with Crippen LogP contribution >= 0.6 is 23.1 Å². The molecule has 0 spiro atoms. The SMILES string of the molecule is Cc1cccc(NC(=O)CSc2nc3sc(C)c(C)c3c(=O)n2-c2ccccc2)c1. The number of hydrogen-bond donors (Lipinski definition) is 1. The second kappa shape index (κ2) is 8.45. The molecule has 0 radical (unpaired) electrons. The van der Waals surface area contributed by atoms with Crippen molar-refractivity contribution in [2.24, 2.45) is 0 Å². The third kappa shape index (κ3) is 4.04. The number of thioether (sulfide) groups is 1. The average Bonchev–Trinajstić information content (AvgIpc) is 3.01. The van der Waals surface area contributed by atoms with E-state index >= 15 is 0 Å². The summed E-state index contributed by atoms with van der Waals surface area (Å²) in [7, 11) is 0. The molecule has 2 aromatic heterocycles. The van der Waals surface area contributed by atoms with E-state index in [4.69, 9.17) is 4.98 Å². The lowest BCUT2D eigenvalue weighted by Crippen LogP contribution is -2.22. The minimum Gasteiger partial charge on any atom is -0.325 e. The van der Waals surface area contributed by atoms with Crippen LogP contribution in [0.3, 0.4) is 0 Å². The van der Waals surface area contributed by atoms with Crippen molar-refractivity contribution in [3.63, 3.8) is 0 Å². The Morgan fingerprint density at radius 3 is 2.60 bits per heavy atom. The van der Waals surface area contributed by atoms with E-state index in [1.165, 1.54) is 23.1 Å². The molecule has 0 aliphatic heterocycles. The van der Waals surface area contributed by atoms with Crippen LogP contribution in [0.15, 0.2) is 64.5 Å². The highest BCUT2D eigenvalue weighted by atomic mass is 32.2. The highest BCUT2D eigenvalue weighted by molar-refractivity contribution is 7.99. The minimum absolute atomic E-state index is 0.102. The molecule has 0 atom stereocenters. The number of amides is 1. The van der Waals surface area contributed by atoms with Crippen molar-refractivity contribution >= 4 is 44.9 Å². The fourth-order valence-electron chi connectivity index (χ4n) is 3.23. The lowest BCUT2D eigenvalue weighted by molar-refractivity contribution is -0.113. The minimum atomic E-state index is -0.141. The number of hydrogen-bond acceptors (Lipinski definition) is 5. The molecule has 1 amide bonds. The molecule has 7 heteroatoms. The van der Waals surface area contributed by atoms with Gasteiger partial charge in [0.15, 0.2) is 5.16 Å². The standard InChI is InChI=1S/C23H21N3O2S2/c1-14-8-7-9-17(12-14)24-19(27)13-29-23-25-21-20(15(2)16(3)30-21)22(28)26(23)18-10-5-4-6-11-18/h4-12H,13H2,1-3H3,(H,24,27). The van der Waals surface area contributed by atoms with Crippen molar-refractivity contribution in [2.45, 2.75) is 25.9 Å². The van der Waals surface area contributed by atoms with Gasteiger partial charge >= 0.3 is 0 Å². The second-order valence-corrected chi connectivity index (χ2v) is 9.19. The Kier molecular flexibility index (Phi) is 5.74. The molecule has 0 saturated heterocycles. The zero-order valence-electron chi connectivity index (χ0n) is 16.9. The Bertz CT molecular complexity index is 1290. The number of fused-ring (bicyclic) bond motifs is 1. The van der Waals surface area contributed by atoms with Crippen molar-refractivity contribution in [3.05, 3.63) is 81.0 Å². The van der Waals surface area contributed by atoms with Gasteiger partial charge in [0.05, 0.1) is 16.8 Å². The molecule has 5 nitrogen and oxygen atoms in total. The summed E-state index contributed by atoms with van der Waals surface area (Å²) in [4.78, 5) is 32.4. The lowest BCUT2D eigenvalue weighted by atomic mass is 10.2. The summed E-state index contributed by atoms with van der Waals surface area (Å²) >= 11 is 2.78. The van der Waals surface area contributed by atoms with Crippen LogP contribution in [0.2, 0.25) is 0 Å². The van der Waals surface area contributed by atoms with Gasteiger partial charge in [0, 0.05) is 10.6 Å². The number of rotatable bonds is 5. The molecule has 4 aromatic rings. The largest absolute Gasteiger partial charge is 0.325 e. The molecule has 0 unspecified atom stereocenters. The Labute approximate surface area is 182 Å². The van der Waals surface area contributed by atoms with E-state index in [9.17, 15) is 9.59 Å². The molecule has 0 bridgehead atoms. The molecule has 30 heavy (non-hydrogen) atoms. The molecule has 0 aliphatic rings. The normalized spacial score (nSPS) is 11.0. The van der Waals surface area contributed by atoms with Gasteiger partial charge in [0.25, 0.3) is 5.56 Å². The van der Waals surface area contributed by atoms with Crippen LogP contribution in [-0.4, -0.2) is 21.2 Å². The van der Waals surface area contributed by atoms with E-state index in [0.29, 0.717) is 15.4 Å². The third-order valence-corrected chi connectivity index (χ3v) is 6.86. The first-order valence-corrected chi connectivity index (χ1v) is 11.3. The van der Waals surface area contributed by atoms with Gasteiger partial charge in [-0.15, -0.1) is 11.3 Å². The maximum Gasteiger partial charge on any atom is 0.267 e. The van der Waals surface area contributed by atoms with Crippen molar-refractivity contribution in [1.82, 2.24) is 9.55 Å². The number of thiophene rings is 1. The van der Waals surface area contributed by atoms with Crippen molar-refractivity contribution < 1.29 is 4.79 Å². The van der Waals surface area contributed by atoms with Gasteiger partial charge in [-0.05, 0) is 56.2 Å². The van der Waals surface area contributed by atoms with Gasteiger partial charge in [-0.3, -0.25) is 14.2 Å². The highest BCUT2D eigenvalue weighted by Gasteiger charge is 2.18. The Morgan fingerprint density at radius 2 is 1.87 bits per heavy atom. The first-order chi connectivity index (χ1) is 14.4. The molecular weight excluding hydrogens is 414 g/mol. The molecule has 0 saturated carbocycles. The molecule has 4 rings (SSSR count). The van der Waals surface area contributed by atoms with Gasteiger partial charge in [-0.1, -0.05) is 42.1 Å². The van der Waals surface area contributed by atoms with Gasteiger partial charge in [-0.25, -0.2) is 4.98 Å². The van der Waals surface area contributed by atoms with Crippen molar-refractivity contribution in [2.75, 3.05) is 11.1 Å². The summed E-state index contributed by atoms with van der Waals surface area (Å²) in [6.07, 6.45) is 0. The fourth-order valence-corrected chi connectivity index (χ4v) is 5.11. The van der Waals surface area contributed by atoms with Crippen LogP contribution in [0.1, 0.15) is 16.0 Å². The zero-order valence-corrected chi connectivity index (χ0v) is 18.6.